The molecule has 7 N–H and O–H groups in total. The minimum absolute atomic E-state index is 0.125. The van der Waals surface area contributed by atoms with Crippen molar-refractivity contribution in [1.29, 1.82) is 0 Å². The summed E-state index contributed by atoms with van der Waals surface area (Å²) in [7, 11) is 2.99. The fraction of sp³-hybridized carbons (Fsp3) is 0.617. The molecule has 2 aromatic rings. The Morgan fingerprint density at radius 3 is 1.92 bits per heavy atom. The van der Waals surface area contributed by atoms with Gasteiger partial charge in [-0.25, -0.2) is 5.48 Å². The fourth-order valence-electron chi connectivity index (χ4n) is 5.65. The zero-order valence-corrected chi connectivity index (χ0v) is 41.8. The molecule has 0 aliphatic carbocycles. The molecular formula is C47H79N5O11S. The average molecular weight is 922 g/mol. The Balaban J connectivity index is 0. The lowest BCUT2D eigenvalue weighted by atomic mass is 9.86. The van der Waals surface area contributed by atoms with Gasteiger partial charge < -0.3 is 40.5 Å². The number of carbonyl (C=O) groups excluding carboxylic acids is 6. The van der Waals surface area contributed by atoms with Crippen molar-refractivity contribution in [2.75, 3.05) is 46.9 Å². The Bertz CT molecular complexity index is 1730. The topological polar surface area (TPSA) is 233 Å². The maximum Gasteiger partial charge on any atom is 0.266 e. The van der Waals surface area contributed by atoms with Gasteiger partial charge in [0.1, 0.15) is 23.9 Å². The summed E-state index contributed by atoms with van der Waals surface area (Å²) in [5, 5.41) is 35.0. The third kappa shape index (κ3) is 22.7. The zero-order chi connectivity index (χ0) is 49.7. The number of nitrogens with one attached hydrogen (secondary N) is 4. The largest absolute Gasteiger partial charge is 0.507 e. The van der Waals surface area contributed by atoms with Gasteiger partial charge in [0.15, 0.2) is 11.2 Å². The van der Waals surface area contributed by atoms with Crippen LogP contribution in [0.2, 0.25) is 0 Å². The molecule has 1 aliphatic heterocycles. The maximum atomic E-state index is 13.6. The number of ether oxygens (including phenoxy) is 2. The van der Waals surface area contributed by atoms with Crippen LogP contribution in [0.4, 0.5) is 0 Å². The van der Waals surface area contributed by atoms with E-state index in [1.165, 1.54) is 26.5 Å². The van der Waals surface area contributed by atoms with Crippen LogP contribution in [-0.2, 0) is 41.6 Å². The predicted octanol–water partition coefficient (Wildman–Crippen LogP) is 5.61. The summed E-state index contributed by atoms with van der Waals surface area (Å²) in [6.07, 6.45) is 1.32. The Kier molecular flexibility index (Phi) is 31.3. The summed E-state index contributed by atoms with van der Waals surface area (Å²) in [6, 6.07) is 7.24. The van der Waals surface area contributed by atoms with Crippen molar-refractivity contribution in [3.63, 3.8) is 0 Å². The minimum atomic E-state index is -1.11. The Morgan fingerprint density at radius 2 is 1.44 bits per heavy atom. The first-order valence-corrected chi connectivity index (χ1v) is 22.8. The number of rotatable bonds is 17. The molecular weight excluding hydrogens is 843 g/mol. The number of thioether (sulfide) groups is 1. The summed E-state index contributed by atoms with van der Waals surface area (Å²) in [5.41, 5.74) is 5.14. The van der Waals surface area contributed by atoms with Crippen molar-refractivity contribution < 1.29 is 53.7 Å². The van der Waals surface area contributed by atoms with Gasteiger partial charge >= 0.3 is 0 Å². The van der Waals surface area contributed by atoms with Gasteiger partial charge in [-0.1, -0.05) is 86.2 Å². The molecule has 0 fully saturated rings. The molecule has 2 unspecified atom stereocenters. The molecule has 0 saturated carbocycles. The van der Waals surface area contributed by atoms with Crippen LogP contribution in [0.25, 0.3) is 0 Å². The first-order valence-electron chi connectivity index (χ1n) is 21.9. The average Bonchev–Trinajstić information content (AvgIpc) is 3.26. The first-order chi connectivity index (χ1) is 30.0. The molecule has 3 atom stereocenters. The second-order valence-electron chi connectivity index (χ2n) is 16.4. The van der Waals surface area contributed by atoms with Crippen LogP contribution in [0.3, 0.4) is 0 Å². The smallest absolute Gasteiger partial charge is 0.266 e. The summed E-state index contributed by atoms with van der Waals surface area (Å²) in [6.45, 7) is 26.2. The van der Waals surface area contributed by atoms with Crippen LogP contribution in [0, 0.1) is 38.5 Å². The zero-order valence-electron chi connectivity index (χ0n) is 41.0. The Morgan fingerprint density at radius 1 is 0.875 bits per heavy atom. The van der Waals surface area contributed by atoms with Crippen molar-refractivity contribution in [3.05, 3.63) is 52.1 Å². The number of amides is 5. The molecule has 17 heteroatoms. The van der Waals surface area contributed by atoms with Crippen LogP contribution in [0.1, 0.15) is 110 Å². The molecule has 5 amide bonds. The molecule has 16 nitrogen and oxygen atoms in total. The molecule has 364 valence electrons. The van der Waals surface area contributed by atoms with Crippen molar-refractivity contribution in [3.8, 4) is 17.2 Å². The monoisotopic (exact) mass is 922 g/mol. The third-order valence-electron chi connectivity index (χ3n) is 9.13. The van der Waals surface area contributed by atoms with Gasteiger partial charge in [0.05, 0.1) is 24.9 Å². The molecule has 2 aromatic carbocycles. The molecule has 0 bridgehead atoms. The minimum Gasteiger partial charge on any atom is -0.507 e. The predicted molar refractivity (Wildman–Crippen MR) is 254 cm³/mol. The second kappa shape index (κ2) is 32.7. The van der Waals surface area contributed by atoms with E-state index in [2.05, 4.69) is 57.5 Å². The van der Waals surface area contributed by atoms with Crippen LogP contribution in [0.15, 0.2) is 24.3 Å². The van der Waals surface area contributed by atoms with E-state index in [0.29, 0.717) is 36.4 Å². The van der Waals surface area contributed by atoms with E-state index in [-0.39, 0.29) is 62.7 Å². The lowest BCUT2D eigenvalue weighted by Crippen LogP contribution is -2.54. The summed E-state index contributed by atoms with van der Waals surface area (Å²) in [4.78, 5) is 70.7. The standard InChI is InChI=1S/C29H38N2O7S.C8H15N3O4.2C4H10.C2H6/c1-18-19(2)26-23(20(3)25(18)34)10-11-29(4,38-26)28(36)31(12-14-32)13-15-37-22-8-6-21(7-9-22)16-24(39-17-33)27(35)30-5;1-5(3-6(12)11-15)8(14)10-4-7(13)9-2;2*1-4(2)3;1-2/h6-9,17,24,32,34H,10-16H2,1-5H3,(H,30,35);5,15H,3-4H2,1-2H3,(H,9,13)(H,10,14)(H,11,12);2*4H,1-3H3;1-2H3/t;5-;;;/m.1.../s1. The third-order valence-corrected chi connectivity index (χ3v) is 9.95. The van der Waals surface area contributed by atoms with Gasteiger partial charge in [-0.3, -0.25) is 34.0 Å². The highest BCUT2D eigenvalue weighted by Crippen LogP contribution is 2.43. The number of nitrogens with zero attached hydrogens (tertiary/aromatic N) is 1. The highest BCUT2D eigenvalue weighted by Gasteiger charge is 2.43. The lowest BCUT2D eigenvalue weighted by molar-refractivity contribution is -0.149. The van der Waals surface area contributed by atoms with E-state index in [9.17, 15) is 39.0 Å². The summed E-state index contributed by atoms with van der Waals surface area (Å²) in [5.74, 6) is 0.780. The van der Waals surface area contributed by atoms with E-state index >= 15 is 0 Å². The SMILES string of the molecule is CC.CC(C)C.CC(C)C.CNC(=O)C(Cc1ccc(OCCN(CCO)C(=O)C2(C)CCc3c(C)c(O)c(C)c(C)c3O2)cc1)SC=O.CNC(=O)CNC(=O)[C@H](C)CC(=O)NO. The molecule has 0 saturated heterocycles. The number of phenolic OH excluding ortho intramolecular Hbond substituents is 1. The van der Waals surface area contributed by atoms with Gasteiger partial charge in [-0.15, -0.1) is 0 Å². The number of hydrogen-bond acceptors (Lipinski definition) is 12. The molecule has 1 aliphatic rings. The van der Waals surface area contributed by atoms with Crippen molar-refractivity contribution >= 4 is 46.9 Å². The number of fused-ring (bicyclic) bond motifs is 1. The number of aliphatic hydroxyl groups is 1. The quantitative estimate of drug-likeness (QED) is 0.0583. The van der Waals surface area contributed by atoms with Gasteiger partial charge in [0, 0.05) is 45.0 Å². The fourth-order valence-corrected chi connectivity index (χ4v) is 6.32. The van der Waals surface area contributed by atoms with Crippen molar-refractivity contribution in [2.45, 2.75) is 127 Å². The number of phenols is 1. The molecule has 0 radical (unpaired) electrons. The number of aliphatic hydroxyl groups excluding tert-OH is 1. The van der Waals surface area contributed by atoms with Crippen LogP contribution >= 0.6 is 11.8 Å². The number of hydrogen-bond donors (Lipinski definition) is 7. The molecule has 0 spiro atoms. The lowest BCUT2D eigenvalue weighted by Gasteiger charge is -2.39. The number of hydroxylamine groups is 1. The molecule has 64 heavy (non-hydrogen) atoms. The molecule has 1 heterocycles. The number of aromatic hydroxyl groups is 1. The van der Waals surface area contributed by atoms with Gasteiger partial charge in [-0.2, -0.15) is 0 Å². The van der Waals surface area contributed by atoms with Crippen molar-refractivity contribution in [1.82, 2.24) is 26.3 Å². The van der Waals surface area contributed by atoms with Crippen LogP contribution < -0.4 is 30.9 Å². The van der Waals surface area contributed by atoms with E-state index in [1.807, 2.05) is 46.8 Å². The van der Waals surface area contributed by atoms with E-state index in [0.717, 1.165) is 51.4 Å². The molecule has 0 aromatic heterocycles. The Labute approximate surface area is 386 Å². The van der Waals surface area contributed by atoms with Crippen molar-refractivity contribution in [2.24, 2.45) is 17.8 Å². The van der Waals surface area contributed by atoms with Gasteiger partial charge in [-0.05, 0) is 86.8 Å². The number of benzene rings is 2. The van der Waals surface area contributed by atoms with Gasteiger partial charge in [0.25, 0.3) is 5.91 Å². The summed E-state index contributed by atoms with van der Waals surface area (Å²) < 4.78 is 12.2. The highest BCUT2D eigenvalue weighted by atomic mass is 32.2. The normalized spacial score (nSPS) is 14.2. The second-order valence-corrected chi connectivity index (χ2v) is 17.4. The maximum absolute atomic E-state index is 13.6. The van der Waals surface area contributed by atoms with E-state index in [4.69, 9.17) is 14.7 Å². The van der Waals surface area contributed by atoms with Crippen LogP contribution in [-0.4, -0.2) is 113 Å². The molecule has 3 rings (SSSR count). The number of likely N-dealkylation sites (N-methyl/N-ethyl adjacent to an activating group) is 1. The summed E-state index contributed by atoms with van der Waals surface area (Å²) >= 11 is 0.940. The first kappa shape index (κ1) is 61.2. The van der Waals surface area contributed by atoms with E-state index in [1.54, 1.807) is 24.0 Å². The highest BCUT2D eigenvalue weighted by molar-refractivity contribution is 8.13. The number of carbonyl (C=O) groups is 6. The van der Waals surface area contributed by atoms with Gasteiger partial charge in [0.2, 0.25) is 23.6 Å². The van der Waals surface area contributed by atoms with E-state index < -0.39 is 28.6 Å². The Hall–Kier alpha value is -4.87. The van der Waals surface area contributed by atoms with Crippen LogP contribution in [0.5, 0.6) is 17.2 Å².